The Morgan fingerprint density at radius 2 is 1.61 bits per heavy atom. The monoisotopic (exact) mass is 327 g/mol. The second-order valence-electron chi connectivity index (χ2n) is 5.83. The molecule has 0 saturated heterocycles. The lowest BCUT2D eigenvalue weighted by Gasteiger charge is -2.37. The van der Waals surface area contributed by atoms with Crippen LogP contribution in [0.1, 0.15) is 11.1 Å². The van der Waals surface area contributed by atoms with Crippen molar-refractivity contribution in [3.8, 4) is 0 Å². The van der Waals surface area contributed by atoms with Crippen LogP contribution < -0.4 is 0 Å². The van der Waals surface area contributed by atoms with E-state index in [2.05, 4.69) is 53.5 Å². The van der Waals surface area contributed by atoms with E-state index in [1.54, 1.807) is 0 Å². The molecule has 0 radical (unpaired) electrons. The zero-order chi connectivity index (χ0) is 15.9. The summed E-state index contributed by atoms with van der Waals surface area (Å²) in [6.07, 6.45) is 4.37. The summed E-state index contributed by atoms with van der Waals surface area (Å²) in [5, 5.41) is 0. The van der Waals surface area contributed by atoms with Gasteiger partial charge >= 0.3 is 0 Å². The molecule has 0 N–H and O–H groups in total. The molecule has 0 bridgehead atoms. The normalized spacial score (nSPS) is 21.4. The first kappa shape index (κ1) is 16.3. The molecule has 1 aliphatic rings. The minimum Gasteiger partial charge on any atom is -0.368 e. The Bertz CT molecular complexity index is 614. The van der Waals surface area contributed by atoms with E-state index in [0.29, 0.717) is 12.5 Å². The van der Waals surface area contributed by atoms with E-state index < -0.39 is 0 Å². The van der Waals surface area contributed by atoms with Crippen molar-refractivity contribution in [3.63, 3.8) is 0 Å². The molecule has 2 aromatic carbocycles. The second-order valence-corrected chi connectivity index (χ2v) is 6.13. The fourth-order valence-corrected chi connectivity index (χ4v) is 3.29. The first-order valence-electron chi connectivity index (χ1n) is 8.03. The molecule has 0 fully saturated rings. The average molecular weight is 328 g/mol. The molecule has 1 heterocycles. The van der Waals surface area contributed by atoms with E-state index in [-0.39, 0.29) is 12.1 Å². The molecule has 0 saturated carbocycles. The van der Waals surface area contributed by atoms with Gasteiger partial charge in [-0.2, -0.15) is 0 Å². The number of ether oxygens (including phenoxy) is 1. The van der Waals surface area contributed by atoms with Gasteiger partial charge in [0.15, 0.2) is 0 Å². The van der Waals surface area contributed by atoms with Crippen molar-refractivity contribution in [2.24, 2.45) is 0 Å². The maximum atomic E-state index is 6.26. The van der Waals surface area contributed by atoms with Gasteiger partial charge in [0, 0.05) is 19.0 Å². The highest BCUT2D eigenvalue weighted by atomic mass is 35.5. The topological polar surface area (TPSA) is 12.5 Å². The van der Waals surface area contributed by atoms with Crippen LogP contribution in [0.15, 0.2) is 72.8 Å². The highest BCUT2D eigenvalue weighted by molar-refractivity contribution is 6.18. The molecule has 1 aliphatic heterocycles. The smallest absolute Gasteiger partial charge is 0.0927 e. The molecule has 2 nitrogen and oxygen atoms in total. The minimum absolute atomic E-state index is 0.0326. The molecule has 0 unspecified atom stereocenters. The van der Waals surface area contributed by atoms with Gasteiger partial charge in [-0.25, -0.2) is 0 Å². The molecule has 120 valence electrons. The van der Waals surface area contributed by atoms with E-state index in [0.717, 1.165) is 13.1 Å². The average Bonchev–Trinajstić information content (AvgIpc) is 2.62. The zero-order valence-corrected chi connectivity index (χ0v) is 13.9. The molecule has 3 heteroatoms. The Morgan fingerprint density at radius 1 is 0.957 bits per heavy atom. The summed E-state index contributed by atoms with van der Waals surface area (Å²) in [5.41, 5.74) is 2.49. The minimum atomic E-state index is 0.0326. The predicted octanol–water partition coefficient (Wildman–Crippen LogP) is 4.25. The highest BCUT2D eigenvalue weighted by Gasteiger charge is 2.28. The molecule has 0 aliphatic carbocycles. The summed E-state index contributed by atoms with van der Waals surface area (Å²) in [6.45, 7) is 2.42. The summed E-state index contributed by atoms with van der Waals surface area (Å²) in [7, 11) is 0. The molecule has 2 aromatic rings. The molecule has 0 spiro atoms. The van der Waals surface area contributed by atoms with Crippen LogP contribution in [0.4, 0.5) is 0 Å². The van der Waals surface area contributed by atoms with Crippen molar-refractivity contribution in [1.82, 2.24) is 4.90 Å². The molecular weight excluding hydrogens is 306 g/mol. The van der Waals surface area contributed by atoms with Crippen LogP contribution in [-0.2, 0) is 17.9 Å². The zero-order valence-electron chi connectivity index (χ0n) is 13.1. The third-order valence-corrected chi connectivity index (χ3v) is 4.50. The van der Waals surface area contributed by atoms with E-state index in [9.17, 15) is 0 Å². The first-order valence-corrected chi connectivity index (χ1v) is 8.56. The maximum Gasteiger partial charge on any atom is 0.0927 e. The van der Waals surface area contributed by atoms with E-state index in [1.165, 1.54) is 11.1 Å². The fourth-order valence-electron chi connectivity index (χ4n) is 2.92. The number of benzene rings is 2. The van der Waals surface area contributed by atoms with Crippen LogP contribution in [-0.4, -0.2) is 29.5 Å². The Labute approximate surface area is 143 Å². The van der Waals surface area contributed by atoms with Gasteiger partial charge in [-0.3, -0.25) is 4.90 Å². The third-order valence-electron chi connectivity index (χ3n) is 4.19. The molecule has 3 rings (SSSR count). The summed E-state index contributed by atoms with van der Waals surface area (Å²) in [4.78, 5) is 2.39. The van der Waals surface area contributed by atoms with Crippen molar-refractivity contribution >= 4 is 11.6 Å². The van der Waals surface area contributed by atoms with Crippen LogP contribution in [0, 0.1) is 0 Å². The standard InChI is InChI=1S/C20H22ClNO/c21-14-19-20(23-16-18-10-5-2-6-11-18)12-7-13-22(19)15-17-8-3-1-4-9-17/h1-12,19-20H,13-16H2/t19-,20+/m0/s1. The first-order chi connectivity index (χ1) is 11.4. The number of hydrogen-bond donors (Lipinski definition) is 0. The van der Waals surface area contributed by atoms with Crippen LogP contribution in [0.25, 0.3) is 0 Å². The van der Waals surface area contributed by atoms with E-state index in [1.807, 2.05) is 24.3 Å². The largest absolute Gasteiger partial charge is 0.368 e. The summed E-state index contributed by atoms with van der Waals surface area (Å²) in [5.74, 6) is 0.566. The van der Waals surface area contributed by atoms with Crippen molar-refractivity contribution in [1.29, 1.82) is 0 Å². The number of alkyl halides is 1. The molecule has 0 aromatic heterocycles. The molecule has 2 atom stereocenters. The number of rotatable bonds is 6. The van der Waals surface area contributed by atoms with Gasteiger partial charge in [-0.05, 0) is 11.1 Å². The van der Waals surface area contributed by atoms with Gasteiger partial charge in [0.25, 0.3) is 0 Å². The van der Waals surface area contributed by atoms with Gasteiger partial charge in [0.05, 0.1) is 18.8 Å². The second kappa shape index (κ2) is 8.30. The number of halogens is 1. The van der Waals surface area contributed by atoms with Crippen molar-refractivity contribution < 1.29 is 4.74 Å². The number of hydrogen-bond acceptors (Lipinski definition) is 2. The van der Waals surface area contributed by atoms with Crippen LogP contribution in [0.5, 0.6) is 0 Å². The lowest BCUT2D eigenvalue weighted by Crippen LogP contribution is -2.47. The Hall–Kier alpha value is -1.61. The van der Waals surface area contributed by atoms with Crippen LogP contribution in [0.3, 0.4) is 0 Å². The summed E-state index contributed by atoms with van der Waals surface area (Å²) in [6, 6.07) is 21.0. The Morgan fingerprint density at radius 3 is 2.26 bits per heavy atom. The third kappa shape index (κ3) is 4.44. The number of nitrogens with zero attached hydrogens (tertiary/aromatic N) is 1. The SMILES string of the molecule is ClC[C@H]1[C@H](OCc2ccccc2)C=CCN1Cc1ccccc1. The van der Waals surface area contributed by atoms with E-state index in [4.69, 9.17) is 16.3 Å². The molecular formula is C20H22ClNO. The predicted molar refractivity (Wildman–Crippen MR) is 95.5 cm³/mol. The van der Waals surface area contributed by atoms with Gasteiger partial charge in [-0.1, -0.05) is 72.8 Å². The van der Waals surface area contributed by atoms with Crippen molar-refractivity contribution in [2.45, 2.75) is 25.3 Å². The lowest BCUT2D eigenvalue weighted by atomic mass is 10.0. The summed E-state index contributed by atoms with van der Waals surface area (Å²) >= 11 is 6.26. The van der Waals surface area contributed by atoms with Gasteiger partial charge in [-0.15, -0.1) is 11.6 Å². The molecule has 23 heavy (non-hydrogen) atoms. The van der Waals surface area contributed by atoms with Crippen molar-refractivity contribution in [2.75, 3.05) is 12.4 Å². The lowest BCUT2D eigenvalue weighted by molar-refractivity contribution is 0.00526. The van der Waals surface area contributed by atoms with Gasteiger partial charge in [0.2, 0.25) is 0 Å². The van der Waals surface area contributed by atoms with Crippen LogP contribution >= 0.6 is 11.6 Å². The maximum absolute atomic E-state index is 6.26. The summed E-state index contributed by atoms with van der Waals surface area (Å²) < 4.78 is 6.13. The van der Waals surface area contributed by atoms with E-state index >= 15 is 0 Å². The van der Waals surface area contributed by atoms with Gasteiger partial charge in [0.1, 0.15) is 0 Å². The van der Waals surface area contributed by atoms with Crippen molar-refractivity contribution in [3.05, 3.63) is 83.9 Å². The Kier molecular flexibility index (Phi) is 5.87. The molecule has 0 amide bonds. The highest BCUT2D eigenvalue weighted by Crippen LogP contribution is 2.20. The quantitative estimate of drug-likeness (QED) is 0.581. The van der Waals surface area contributed by atoms with Gasteiger partial charge < -0.3 is 4.74 Å². The van der Waals surface area contributed by atoms with Crippen LogP contribution in [0.2, 0.25) is 0 Å². The Balaban J connectivity index is 1.64. The fraction of sp³-hybridized carbons (Fsp3) is 0.300.